The van der Waals surface area contributed by atoms with Gasteiger partial charge in [0.15, 0.2) is 0 Å². The van der Waals surface area contributed by atoms with Crippen LogP contribution in [-0.4, -0.2) is 0 Å². The lowest BCUT2D eigenvalue weighted by atomic mass is 9.93. The van der Waals surface area contributed by atoms with Crippen LogP contribution in [0.25, 0.3) is 0 Å². The highest BCUT2D eigenvalue weighted by molar-refractivity contribution is 5.47. The summed E-state index contributed by atoms with van der Waals surface area (Å²) in [5.74, 6) is 0. The van der Waals surface area contributed by atoms with Crippen LogP contribution >= 0.6 is 0 Å². The molecule has 1 aliphatic carbocycles. The first kappa shape index (κ1) is 8.80. The maximum Gasteiger partial charge on any atom is -0.0270 e. The van der Waals surface area contributed by atoms with Gasteiger partial charge < -0.3 is 0 Å². The number of fused-ring (bicyclic) bond motifs is 1. The smallest absolute Gasteiger partial charge is 0.0270 e. The van der Waals surface area contributed by atoms with Crippen molar-refractivity contribution in [1.29, 1.82) is 0 Å². The van der Waals surface area contributed by atoms with E-state index in [2.05, 4.69) is 26.8 Å². The maximum atomic E-state index is 2.36. The normalized spacial score (nSPS) is 14.7. The van der Waals surface area contributed by atoms with Crippen molar-refractivity contribution in [2.45, 2.75) is 46.5 Å². The quantitative estimate of drug-likeness (QED) is 0.612. The summed E-state index contributed by atoms with van der Waals surface area (Å²) in [4.78, 5) is 0. The zero-order chi connectivity index (χ0) is 9.42. The van der Waals surface area contributed by atoms with Crippen LogP contribution in [0.2, 0.25) is 0 Å². The summed E-state index contributed by atoms with van der Waals surface area (Å²) in [6.07, 6.45) is 5.20. The van der Waals surface area contributed by atoms with Gasteiger partial charge in [-0.2, -0.15) is 0 Å². The first-order chi connectivity index (χ1) is 6.24. The van der Waals surface area contributed by atoms with E-state index in [9.17, 15) is 0 Å². The summed E-state index contributed by atoms with van der Waals surface area (Å²) in [5.41, 5.74) is 7.98. The molecule has 1 aromatic carbocycles. The Morgan fingerprint density at radius 3 is 2.46 bits per heavy atom. The molecule has 0 nitrogen and oxygen atoms in total. The van der Waals surface area contributed by atoms with Gasteiger partial charge >= 0.3 is 0 Å². The van der Waals surface area contributed by atoms with Crippen molar-refractivity contribution in [3.8, 4) is 0 Å². The lowest BCUT2D eigenvalue weighted by Gasteiger charge is -2.12. The minimum atomic E-state index is 1.20. The van der Waals surface area contributed by atoms with E-state index in [1.807, 2.05) is 0 Å². The summed E-state index contributed by atoms with van der Waals surface area (Å²) in [6.45, 7) is 6.79. The highest BCUT2D eigenvalue weighted by Crippen LogP contribution is 2.30. The molecule has 0 aromatic heterocycles. The molecule has 70 valence electrons. The molecule has 0 aliphatic heterocycles. The molecule has 0 saturated heterocycles. The second-order valence-electron chi connectivity index (χ2n) is 4.15. The Morgan fingerprint density at radius 2 is 1.77 bits per heavy atom. The highest BCUT2D eigenvalue weighted by atomic mass is 14.2. The molecular weight excluding hydrogens is 156 g/mol. The molecule has 1 aliphatic rings. The summed E-state index contributed by atoms with van der Waals surface area (Å²) in [6, 6.07) is 2.36. The molecule has 0 atom stereocenters. The third-order valence-corrected chi connectivity index (χ3v) is 3.32. The van der Waals surface area contributed by atoms with E-state index >= 15 is 0 Å². The molecule has 0 unspecified atom stereocenters. The molecule has 13 heavy (non-hydrogen) atoms. The van der Waals surface area contributed by atoms with Crippen LogP contribution in [0.15, 0.2) is 6.07 Å². The van der Waals surface area contributed by atoms with Gasteiger partial charge in [-0.15, -0.1) is 0 Å². The molecule has 2 rings (SSSR count). The standard InChI is InChI=1S/C13H18/c1-4-11-9(2)8-10(3)12-6-5-7-13(11)12/h8H,4-7H2,1-3H3. The second kappa shape index (κ2) is 3.17. The summed E-state index contributed by atoms with van der Waals surface area (Å²) in [7, 11) is 0. The topological polar surface area (TPSA) is 0 Å². The Balaban J connectivity index is 2.65. The van der Waals surface area contributed by atoms with Crippen LogP contribution in [0.5, 0.6) is 0 Å². The fourth-order valence-electron chi connectivity index (χ4n) is 2.74. The first-order valence-electron chi connectivity index (χ1n) is 5.35. The zero-order valence-corrected chi connectivity index (χ0v) is 8.91. The van der Waals surface area contributed by atoms with Crippen molar-refractivity contribution < 1.29 is 0 Å². The third-order valence-electron chi connectivity index (χ3n) is 3.32. The van der Waals surface area contributed by atoms with Crippen molar-refractivity contribution in [2.75, 3.05) is 0 Å². The van der Waals surface area contributed by atoms with E-state index in [-0.39, 0.29) is 0 Å². The van der Waals surface area contributed by atoms with Gasteiger partial charge in [0, 0.05) is 0 Å². The number of hydrogen-bond acceptors (Lipinski definition) is 0. The van der Waals surface area contributed by atoms with E-state index in [0.717, 1.165) is 0 Å². The van der Waals surface area contributed by atoms with E-state index in [4.69, 9.17) is 0 Å². The average molecular weight is 174 g/mol. The predicted octanol–water partition coefficient (Wildman–Crippen LogP) is 3.35. The Morgan fingerprint density at radius 1 is 1.08 bits per heavy atom. The number of aryl methyl sites for hydroxylation is 2. The minimum absolute atomic E-state index is 1.20. The van der Waals surface area contributed by atoms with Crippen molar-refractivity contribution in [3.63, 3.8) is 0 Å². The van der Waals surface area contributed by atoms with Crippen molar-refractivity contribution in [2.24, 2.45) is 0 Å². The Bertz CT molecular complexity index is 334. The Labute approximate surface area is 81.0 Å². The Hall–Kier alpha value is -0.780. The van der Waals surface area contributed by atoms with E-state index < -0.39 is 0 Å². The predicted molar refractivity (Wildman–Crippen MR) is 57.3 cm³/mol. The lowest BCUT2D eigenvalue weighted by Crippen LogP contribution is -1.98. The van der Waals surface area contributed by atoms with Gasteiger partial charge in [0.25, 0.3) is 0 Å². The summed E-state index contributed by atoms with van der Waals surface area (Å²) in [5, 5.41) is 0. The van der Waals surface area contributed by atoms with Gasteiger partial charge in [-0.3, -0.25) is 0 Å². The largest absolute Gasteiger partial charge is 0.0613 e. The minimum Gasteiger partial charge on any atom is -0.0613 e. The van der Waals surface area contributed by atoms with Crippen molar-refractivity contribution in [1.82, 2.24) is 0 Å². The van der Waals surface area contributed by atoms with Gasteiger partial charge in [-0.1, -0.05) is 13.0 Å². The van der Waals surface area contributed by atoms with E-state index in [0.29, 0.717) is 0 Å². The van der Waals surface area contributed by atoms with Gasteiger partial charge in [0.05, 0.1) is 0 Å². The molecule has 0 bridgehead atoms. The van der Waals surface area contributed by atoms with Crippen molar-refractivity contribution in [3.05, 3.63) is 33.9 Å². The zero-order valence-electron chi connectivity index (χ0n) is 8.91. The van der Waals surface area contributed by atoms with Gasteiger partial charge in [-0.05, 0) is 67.3 Å². The molecular formula is C13H18. The van der Waals surface area contributed by atoms with Crippen LogP contribution in [0.1, 0.15) is 41.2 Å². The maximum absolute atomic E-state index is 2.36. The first-order valence-corrected chi connectivity index (χ1v) is 5.35. The van der Waals surface area contributed by atoms with Crippen LogP contribution in [0.3, 0.4) is 0 Å². The molecule has 0 spiro atoms. The fraction of sp³-hybridized carbons (Fsp3) is 0.538. The summed E-state index contributed by atoms with van der Waals surface area (Å²) >= 11 is 0. The van der Waals surface area contributed by atoms with Crippen LogP contribution in [0.4, 0.5) is 0 Å². The number of benzene rings is 1. The third kappa shape index (κ3) is 1.29. The van der Waals surface area contributed by atoms with Crippen LogP contribution < -0.4 is 0 Å². The molecule has 0 heteroatoms. The fourth-order valence-corrected chi connectivity index (χ4v) is 2.74. The van der Waals surface area contributed by atoms with Gasteiger partial charge in [0.1, 0.15) is 0 Å². The number of hydrogen-bond donors (Lipinski definition) is 0. The highest BCUT2D eigenvalue weighted by Gasteiger charge is 2.17. The van der Waals surface area contributed by atoms with Crippen LogP contribution in [0, 0.1) is 13.8 Å². The van der Waals surface area contributed by atoms with E-state index in [1.165, 1.54) is 36.8 Å². The van der Waals surface area contributed by atoms with Gasteiger partial charge in [0.2, 0.25) is 0 Å². The molecule has 0 fully saturated rings. The van der Waals surface area contributed by atoms with Crippen LogP contribution in [-0.2, 0) is 19.3 Å². The molecule has 0 radical (unpaired) electrons. The average Bonchev–Trinajstić information content (AvgIpc) is 2.53. The summed E-state index contributed by atoms with van der Waals surface area (Å²) < 4.78 is 0. The SMILES string of the molecule is CCc1c(C)cc(C)c2c1CCC2. The molecule has 0 N–H and O–H groups in total. The second-order valence-corrected chi connectivity index (χ2v) is 4.15. The molecule has 0 heterocycles. The van der Waals surface area contributed by atoms with Gasteiger partial charge in [-0.25, -0.2) is 0 Å². The molecule has 0 saturated carbocycles. The molecule has 0 amide bonds. The van der Waals surface area contributed by atoms with E-state index in [1.54, 1.807) is 16.7 Å². The Kier molecular flexibility index (Phi) is 2.15. The van der Waals surface area contributed by atoms with Crippen molar-refractivity contribution >= 4 is 0 Å². The number of rotatable bonds is 1. The lowest BCUT2D eigenvalue weighted by molar-refractivity contribution is 0.903. The molecule has 1 aromatic rings. The monoisotopic (exact) mass is 174 g/mol.